The number of likely N-dealkylation sites (tertiary alicyclic amines) is 1. The van der Waals surface area contributed by atoms with Gasteiger partial charge in [0.1, 0.15) is 0 Å². The van der Waals surface area contributed by atoms with Crippen molar-refractivity contribution in [1.82, 2.24) is 10.2 Å². The predicted octanol–water partition coefficient (Wildman–Crippen LogP) is 1.32. The number of nitrogens with zero attached hydrogens (tertiary/aromatic N) is 1. The number of hydrogen-bond acceptors (Lipinski definition) is 4. The van der Waals surface area contributed by atoms with E-state index in [9.17, 15) is 9.59 Å². The van der Waals surface area contributed by atoms with Crippen molar-refractivity contribution in [2.45, 2.75) is 65.1 Å². The molecule has 0 aliphatic carbocycles. The number of hydrogen-bond donors (Lipinski definition) is 1. The van der Waals surface area contributed by atoms with Crippen LogP contribution in [0.3, 0.4) is 0 Å². The number of rotatable bonds is 8. The summed E-state index contributed by atoms with van der Waals surface area (Å²) in [5.74, 6) is -0.135. The van der Waals surface area contributed by atoms with Crippen molar-refractivity contribution >= 4 is 11.8 Å². The predicted molar refractivity (Wildman–Crippen MR) is 73.7 cm³/mol. The molecule has 0 aromatic heterocycles. The van der Waals surface area contributed by atoms with E-state index in [0.29, 0.717) is 13.2 Å². The van der Waals surface area contributed by atoms with Crippen LogP contribution in [0.25, 0.3) is 0 Å². The average molecular weight is 270 g/mol. The molecule has 1 aliphatic rings. The summed E-state index contributed by atoms with van der Waals surface area (Å²) >= 11 is 0. The van der Waals surface area contributed by atoms with Gasteiger partial charge in [0, 0.05) is 12.6 Å². The Labute approximate surface area is 115 Å². The number of carbonyl (C=O) groups excluding carboxylic acids is 2. The van der Waals surface area contributed by atoms with Gasteiger partial charge in [0.05, 0.1) is 25.2 Å². The Hall–Kier alpha value is -0.940. The SMILES string of the molecule is CCC(CC)N1C(=O)CC(NCCOC(C)C)C1=O. The molecule has 0 aromatic rings. The number of carbonyl (C=O) groups is 2. The molecule has 1 N–H and O–H groups in total. The molecule has 1 heterocycles. The fourth-order valence-electron chi connectivity index (χ4n) is 2.38. The van der Waals surface area contributed by atoms with Crippen LogP contribution in [0.4, 0.5) is 0 Å². The molecule has 1 atom stereocenters. The van der Waals surface area contributed by atoms with Gasteiger partial charge < -0.3 is 10.1 Å². The summed E-state index contributed by atoms with van der Waals surface area (Å²) in [6.07, 6.45) is 2.09. The Morgan fingerprint density at radius 1 is 1.32 bits per heavy atom. The lowest BCUT2D eigenvalue weighted by Gasteiger charge is -2.24. The molecule has 1 saturated heterocycles. The van der Waals surface area contributed by atoms with Crippen molar-refractivity contribution < 1.29 is 14.3 Å². The van der Waals surface area contributed by atoms with Crippen LogP contribution in [0, 0.1) is 0 Å². The average Bonchev–Trinajstić information content (AvgIpc) is 2.64. The lowest BCUT2D eigenvalue weighted by molar-refractivity contribution is -0.141. The number of imide groups is 1. The van der Waals surface area contributed by atoms with Gasteiger partial charge in [-0.2, -0.15) is 0 Å². The van der Waals surface area contributed by atoms with E-state index in [2.05, 4.69) is 5.32 Å². The first kappa shape index (κ1) is 16.1. The Morgan fingerprint density at radius 2 is 1.95 bits per heavy atom. The molecule has 0 aromatic carbocycles. The van der Waals surface area contributed by atoms with E-state index in [1.807, 2.05) is 27.7 Å². The van der Waals surface area contributed by atoms with Crippen LogP contribution >= 0.6 is 0 Å². The lowest BCUT2D eigenvalue weighted by atomic mass is 10.1. The monoisotopic (exact) mass is 270 g/mol. The van der Waals surface area contributed by atoms with Crippen LogP contribution in [-0.4, -0.2) is 48.1 Å². The summed E-state index contributed by atoms with van der Waals surface area (Å²) in [4.78, 5) is 25.6. The first-order valence-corrected chi connectivity index (χ1v) is 7.22. The molecular weight excluding hydrogens is 244 g/mol. The molecule has 19 heavy (non-hydrogen) atoms. The molecule has 1 rings (SSSR count). The van der Waals surface area contributed by atoms with E-state index in [0.717, 1.165) is 12.8 Å². The molecule has 0 spiro atoms. The first-order valence-electron chi connectivity index (χ1n) is 7.22. The largest absolute Gasteiger partial charge is 0.377 e. The molecule has 1 fully saturated rings. The minimum Gasteiger partial charge on any atom is -0.377 e. The van der Waals surface area contributed by atoms with Crippen LogP contribution in [0.1, 0.15) is 47.0 Å². The highest BCUT2D eigenvalue weighted by Gasteiger charge is 2.40. The second-order valence-electron chi connectivity index (χ2n) is 5.20. The topological polar surface area (TPSA) is 58.6 Å². The molecule has 2 amide bonds. The first-order chi connectivity index (χ1) is 9.01. The van der Waals surface area contributed by atoms with Gasteiger partial charge in [-0.25, -0.2) is 0 Å². The Morgan fingerprint density at radius 3 is 2.47 bits per heavy atom. The lowest BCUT2D eigenvalue weighted by Crippen LogP contribution is -2.44. The molecule has 5 heteroatoms. The summed E-state index contributed by atoms with van der Waals surface area (Å²) in [5, 5.41) is 3.11. The molecule has 1 unspecified atom stereocenters. The smallest absolute Gasteiger partial charge is 0.247 e. The van der Waals surface area contributed by atoms with E-state index in [1.165, 1.54) is 4.90 Å². The molecule has 0 bridgehead atoms. The summed E-state index contributed by atoms with van der Waals surface area (Å²) in [7, 11) is 0. The van der Waals surface area contributed by atoms with Gasteiger partial charge in [-0.3, -0.25) is 14.5 Å². The Kier molecular flexibility index (Phi) is 6.45. The quantitative estimate of drug-likeness (QED) is 0.534. The van der Waals surface area contributed by atoms with E-state index >= 15 is 0 Å². The highest BCUT2D eigenvalue weighted by atomic mass is 16.5. The summed E-state index contributed by atoms with van der Waals surface area (Å²) < 4.78 is 5.41. The standard InChI is InChI=1S/C14H26N2O3/c1-5-11(6-2)16-13(17)9-12(14(16)18)15-7-8-19-10(3)4/h10-12,15H,5-9H2,1-4H3. The van der Waals surface area contributed by atoms with Crippen molar-refractivity contribution in [3.63, 3.8) is 0 Å². The summed E-state index contributed by atoms with van der Waals surface area (Å²) in [6, 6.07) is -0.331. The highest BCUT2D eigenvalue weighted by molar-refractivity contribution is 6.05. The zero-order valence-electron chi connectivity index (χ0n) is 12.4. The normalized spacial score (nSPS) is 20.1. The zero-order valence-corrected chi connectivity index (χ0v) is 12.4. The molecule has 1 aliphatic heterocycles. The summed E-state index contributed by atoms with van der Waals surface area (Å²) in [6.45, 7) is 9.11. The minimum absolute atomic E-state index is 0.0405. The van der Waals surface area contributed by atoms with Crippen molar-refractivity contribution in [2.24, 2.45) is 0 Å². The maximum absolute atomic E-state index is 12.2. The Balaban J connectivity index is 2.46. The third-order valence-electron chi connectivity index (χ3n) is 3.43. The highest BCUT2D eigenvalue weighted by Crippen LogP contribution is 2.19. The molecule has 5 nitrogen and oxygen atoms in total. The number of amides is 2. The van der Waals surface area contributed by atoms with Gasteiger partial charge in [0.2, 0.25) is 11.8 Å². The fourth-order valence-corrected chi connectivity index (χ4v) is 2.38. The minimum atomic E-state index is -0.371. The van der Waals surface area contributed by atoms with Crippen LogP contribution in [0.5, 0.6) is 0 Å². The molecule has 110 valence electrons. The third-order valence-corrected chi connectivity index (χ3v) is 3.43. The van der Waals surface area contributed by atoms with Crippen molar-refractivity contribution in [3.8, 4) is 0 Å². The zero-order chi connectivity index (χ0) is 14.4. The maximum atomic E-state index is 12.2. The fraction of sp³-hybridized carbons (Fsp3) is 0.857. The van der Waals surface area contributed by atoms with Gasteiger partial charge in [-0.15, -0.1) is 0 Å². The second kappa shape index (κ2) is 7.60. The van der Waals surface area contributed by atoms with Crippen molar-refractivity contribution in [2.75, 3.05) is 13.2 Å². The van der Waals surface area contributed by atoms with Gasteiger partial charge in [0.25, 0.3) is 0 Å². The van der Waals surface area contributed by atoms with Gasteiger partial charge in [0.15, 0.2) is 0 Å². The van der Waals surface area contributed by atoms with Crippen LogP contribution < -0.4 is 5.32 Å². The van der Waals surface area contributed by atoms with Crippen molar-refractivity contribution in [1.29, 1.82) is 0 Å². The molecular formula is C14H26N2O3. The molecule has 0 saturated carbocycles. The van der Waals surface area contributed by atoms with Gasteiger partial charge >= 0.3 is 0 Å². The van der Waals surface area contributed by atoms with E-state index in [-0.39, 0.29) is 36.4 Å². The van der Waals surface area contributed by atoms with Crippen LogP contribution in [-0.2, 0) is 14.3 Å². The summed E-state index contributed by atoms with van der Waals surface area (Å²) in [5.41, 5.74) is 0. The van der Waals surface area contributed by atoms with Crippen LogP contribution in [0.15, 0.2) is 0 Å². The maximum Gasteiger partial charge on any atom is 0.247 e. The van der Waals surface area contributed by atoms with E-state index in [1.54, 1.807) is 0 Å². The van der Waals surface area contributed by atoms with Gasteiger partial charge in [-0.1, -0.05) is 13.8 Å². The molecule has 0 radical (unpaired) electrons. The second-order valence-corrected chi connectivity index (χ2v) is 5.20. The van der Waals surface area contributed by atoms with Gasteiger partial charge in [-0.05, 0) is 26.7 Å². The van der Waals surface area contributed by atoms with E-state index < -0.39 is 0 Å². The van der Waals surface area contributed by atoms with Crippen LogP contribution in [0.2, 0.25) is 0 Å². The number of ether oxygens (including phenoxy) is 1. The Bertz CT molecular complexity index is 314. The number of nitrogens with one attached hydrogen (secondary N) is 1. The van der Waals surface area contributed by atoms with E-state index in [4.69, 9.17) is 4.74 Å². The van der Waals surface area contributed by atoms with Crippen molar-refractivity contribution in [3.05, 3.63) is 0 Å². The third kappa shape index (κ3) is 4.28.